The first kappa shape index (κ1) is 17.6. The third-order valence-electron chi connectivity index (χ3n) is 5.52. The standard InChI is InChI=1S/C20H23N3O4/c1-26-17-7-3-2-6-16(17)23-13-14(12-22-23)11-21-19(25)15-10-18(24)27-20(15)8-4-5-9-20/h2-3,6-7,12-13,15H,4-5,8-11H2,1H3,(H,21,25). The van der Waals surface area contributed by atoms with Gasteiger partial charge in [-0.3, -0.25) is 9.59 Å². The average molecular weight is 369 g/mol. The van der Waals surface area contributed by atoms with Crippen LogP contribution >= 0.6 is 0 Å². The molecule has 1 N–H and O–H groups in total. The van der Waals surface area contributed by atoms with Crippen LogP contribution in [0.2, 0.25) is 0 Å². The number of ether oxygens (including phenoxy) is 2. The number of rotatable bonds is 5. The summed E-state index contributed by atoms with van der Waals surface area (Å²) in [6.07, 6.45) is 7.32. The molecular weight excluding hydrogens is 346 g/mol. The molecule has 1 spiro atoms. The Kier molecular flexibility index (Phi) is 4.59. The van der Waals surface area contributed by atoms with Crippen LogP contribution in [0.5, 0.6) is 5.75 Å². The molecule has 2 heterocycles. The van der Waals surface area contributed by atoms with Gasteiger partial charge in [-0.15, -0.1) is 0 Å². The van der Waals surface area contributed by atoms with Crippen molar-refractivity contribution >= 4 is 11.9 Å². The van der Waals surface area contributed by atoms with E-state index in [1.807, 2.05) is 30.5 Å². The molecule has 1 aromatic heterocycles. The summed E-state index contributed by atoms with van der Waals surface area (Å²) in [7, 11) is 1.62. The summed E-state index contributed by atoms with van der Waals surface area (Å²) in [4.78, 5) is 24.5. The summed E-state index contributed by atoms with van der Waals surface area (Å²) >= 11 is 0. The molecule has 1 unspecified atom stereocenters. The SMILES string of the molecule is COc1ccccc1-n1cc(CNC(=O)C2CC(=O)OC23CCCC3)cn1. The van der Waals surface area contributed by atoms with E-state index in [2.05, 4.69) is 10.4 Å². The molecule has 1 saturated heterocycles. The summed E-state index contributed by atoms with van der Waals surface area (Å²) in [5.41, 5.74) is 1.13. The molecule has 27 heavy (non-hydrogen) atoms. The molecule has 142 valence electrons. The van der Waals surface area contributed by atoms with Gasteiger partial charge in [0.1, 0.15) is 17.0 Å². The summed E-state index contributed by atoms with van der Waals surface area (Å²) < 4.78 is 12.6. The van der Waals surface area contributed by atoms with E-state index in [9.17, 15) is 9.59 Å². The van der Waals surface area contributed by atoms with E-state index in [0.29, 0.717) is 6.54 Å². The normalized spacial score (nSPS) is 20.6. The van der Waals surface area contributed by atoms with Gasteiger partial charge in [-0.25, -0.2) is 4.68 Å². The van der Waals surface area contributed by atoms with E-state index in [-0.39, 0.29) is 18.3 Å². The molecule has 1 aliphatic carbocycles. The van der Waals surface area contributed by atoms with Gasteiger partial charge in [0.2, 0.25) is 5.91 Å². The van der Waals surface area contributed by atoms with Crippen molar-refractivity contribution in [2.75, 3.05) is 7.11 Å². The van der Waals surface area contributed by atoms with Gasteiger partial charge in [0.05, 0.1) is 25.6 Å². The summed E-state index contributed by atoms with van der Waals surface area (Å²) in [5, 5.41) is 7.31. The lowest BCUT2D eigenvalue weighted by Crippen LogP contribution is -2.42. The Balaban J connectivity index is 1.43. The van der Waals surface area contributed by atoms with E-state index >= 15 is 0 Å². The number of nitrogens with zero attached hydrogens (tertiary/aromatic N) is 2. The van der Waals surface area contributed by atoms with Gasteiger partial charge in [-0.1, -0.05) is 12.1 Å². The number of benzene rings is 1. The van der Waals surface area contributed by atoms with Crippen LogP contribution in [-0.4, -0.2) is 34.4 Å². The Morgan fingerprint density at radius 2 is 2.15 bits per heavy atom. The van der Waals surface area contributed by atoms with Gasteiger partial charge in [0, 0.05) is 18.3 Å². The Labute approximate surface area is 157 Å². The van der Waals surface area contributed by atoms with Crippen LogP contribution in [0.1, 0.15) is 37.7 Å². The van der Waals surface area contributed by atoms with Crippen molar-refractivity contribution in [3.63, 3.8) is 0 Å². The minimum absolute atomic E-state index is 0.118. The minimum Gasteiger partial charge on any atom is -0.494 e. The molecule has 2 aromatic rings. The lowest BCUT2D eigenvalue weighted by atomic mass is 9.85. The topological polar surface area (TPSA) is 82.5 Å². The van der Waals surface area contributed by atoms with Gasteiger partial charge in [-0.05, 0) is 37.8 Å². The summed E-state index contributed by atoms with van der Waals surface area (Å²) in [6, 6.07) is 7.60. The maximum absolute atomic E-state index is 12.7. The lowest BCUT2D eigenvalue weighted by molar-refractivity contribution is -0.149. The van der Waals surface area contributed by atoms with Crippen molar-refractivity contribution in [2.45, 2.75) is 44.2 Å². The largest absolute Gasteiger partial charge is 0.494 e. The molecule has 1 aromatic carbocycles. The highest BCUT2D eigenvalue weighted by Gasteiger charge is 2.53. The Bertz CT molecular complexity index is 854. The van der Waals surface area contributed by atoms with Crippen LogP contribution in [0.4, 0.5) is 0 Å². The number of carbonyl (C=O) groups is 2. The number of para-hydroxylation sites is 2. The van der Waals surface area contributed by atoms with Crippen molar-refractivity contribution < 1.29 is 19.1 Å². The van der Waals surface area contributed by atoms with Crippen LogP contribution in [-0.2, 0) is 20.9 Å². The number of carbonyl (C=O) groups excluding carboxylic acids is 2. The van der Waals surface area contributed by atoms with E-state index < -0.39 is 11.5 Å². The third kappa shape index (κ3) is 3.29. The highest BCUT2D eigenvalue weighted by atomic mass is 16.6. The molecule has 7 nitrogen and oxygen atoms in total. The Morgan fingerprint density at radius 3 is 2.93 bits per heavy atom. The number of methoxy groups -OCH3 is 1. The molecule has 1 amide bonds. The van der Waals surface area contributed by atoms with Crippen molar-refractivity contribution in [1.82, 2.24) is 15.1 Å². The molecule has 1 saturated carbocycles. The highest BCUT2D eigenvalue weighted by molar-refractivity contribution is 5.87. The zero-order valence-corrected chi connectivity index (χ0v) is 15.3. The monoisotopic (exact) mass is 369 g/mol. The van der Waals surface area contributed by atoms with Crippen LogP contribution in [0, 0.1) is 5.92 Å². The second-order valence-corrected chi connectivity index (χ2v) is 7.19. The number of hydrogen-bond donors (Lipinski definition) is 1. The maximum Gasteiger partial charge on any atom is 0.307 e. The molecule has 4 rings (SSSR count). The molecular formula is C20H23N3O4. The number of aromatic nitrogens is 2. The molecule has 0 radical (unpaired) electrons. The zero-order valence-electron chi connectivity index (χ0n) is 15.3. The quantitative estimate of drug-likeness (QED) is 0.818. The third-order valence-corrected chi connectivity index (χ3v) is 5.52. The average Bonchev–Trinajstić information content (AvgIpc) is 3.41. The van der Waals surface area contributed by atoms with Gasteiger partial charge in [-0.2, -0.15) is 5.10 Å². The van der Waals surface area contributed by atoms with Crippen molar-refractivity contribution in [1.29, 1.82) is 0 Å². The number of esters is 1. The Hall–Kier alpha value is -2.83. The molecule has 1 atom stereocenters. The van der Waals surface area contributed by atoms with Crippen LogP contribution in [0.25, 0.3) is 5.69 Å². The van der Waals surface area contributed by atoms with Crippen LogP contribution < -0.4 is 10.1 Å². The van der Waals surface area contributed by atoms with E-state index in [0.717, 1.165) is 42.7 Å². The first-order chi connectivity index (χ1) is 13.1. The first-order valence-electron chi connectivity index (χ1n) is 9.28. The first-order valence-corrected chi connectivity index (χ1v) is 9.28. The van der Waals surface area contributed by atoms with Crippen molar-refractivity contribution in [2.24, 2.45) is 5.92 Å². The lowest BCUT2D eigenvalue weighted by Gasteiger charge is -2.27. The number of hydrogen-bond acceptors (Lipinski definition) is 5. The summed E-state index contributed by atoms with van der Waals surface area (Å²) in [6.45, 7) is 0.356. The highest BCUT2D eigenvalue weighted by Crippen LogP contribution is 2.45. The minimum atomic E-state index is -0.581. The number of nitrogens with one attached hydrogen (secondary N) is 1. The van der Waals surface area contributed by atoms with E-state index in [1.165, 1.54) is 0 Å². The predicted molar refractivity (Wildman–Crippen MR) is 97.4 cm³/mol. The van der Waals surface area contributed by atoms with Crippen molar-refractivity contribution in [3.8, 4) is 11.4 Å². The number of amides is 1. The fourth-order valence-corrected chi connectivity index (χ4v) is 4.16. The maximum atomic E-state index is 12.7. The molecule has 7 heteroatoms. The van der Waals surface area contributed by atoms with Gasteiger partial charge >= 0.3 is 5.97 Å². The van der Waals surface area contributed by atoms with Crippen molar-refractivity contribution in [3.05, 3.63) is 42.2 Å². The smallest absolute Gasteiger partial charge is 0.307 e. The molecule has 2 fully saturated rings. The van der Waals surface area contributed by atoms with Gasteiger partial charge < -0.3 is 14.8 Å². The van der Waals surface area contributed by atoms with Gasteiger partial charge in [0.15, 0.2) is 0 Å². The predicted octanol–water partition coefficient (Wildman–Crippen LogP) is 2.37. The summed E-state index contributed by atoms with van der Waals surface area (Å²) in [5.74, 6) is -0.0495. The van der Waals surface area contributed by atoms with Crippen LogP contribution in [0.15, 0.2) is 36.7 Å². The second-order valence-electron chi connectivity index (χ2n) is 7.19. The molecule has 2 aliphatic rings. The van der Waals surface area contributed by atoms with Crippen LogP contribution in [0.3, 0.4) is 0 Å². The molecule has 0 bridgehead atoms. The van der Waals surface area contributed by atoms with Gasteiger partial charge in [0.25, 0.3) is 0 Å². The van der Waals surface area contributed by atoms with E-state index in [1.54, 1.807) is 18.0 Å². The van der Waals surface area contributed by atoms with E-state index in [4.69, 9.17) is 9.47 Å². The fraction of sp³-hybridized carbons (Fsp3) is 0.450. The second kappa shape index (κ2) is 7.06. The fourth-order valence-electron chi connectivity index (χ4n) is 4.16. The molecule has 1 aliphatic heterocycles. The Morgan fingerprint density at radius 1 is 1.37 bits per heavy atom. The zero-order chi connectivity index (χ0) is 18.9.